The van der Waals surface area contributed by atoms with E-state index in [1.807, 2.05) is 26.8 Å². The lowest BCUT2D eigenvalue weighted by Gasteiger charge is -2.64. The third kappa shape index (κ3) is 7.57. The van der Waals surface area contributed by atoms with Crippen molar-refractivity contribution in [2.45, 2.75) is 167 Å². The third-order valence-electron chi connectivity index (χ3n) is 17.1. The van der Waals surface area contributed by atoms with Gasteiger partial charge in [-0.2, -0.15) is 0 Å². The molecule has 14 heteroatoms. The van der Waals surface area contributed by atoms with Crippen LogP contribution in [0.3, 0.4) is 0 Å². The van der Waals surface area contributed by atoms with Gasteiger partial charge in [0, 0.05) is 79.9 Å². The molecule has 2 saturated carbocycles. The van der Waals surface area contributed by atoms with E-state index in [0.29, 0.717) is 12.8 Å². The van der Waals surface area contributed by atoms with Gasteiger partial charge in [0.25, 0.3) is 0 Å². The van der Waals surface area contributed by atoms with Gasteiger partial charge < -0.3 is 56.8 Å². The van der Waals surface area contributed by atoms with Crippen LogP contribution in [0.4, 0.5) is 0 Å². The molecule has 3 aliphatic heterocycles. The Bertz CT molecular complexity index is 1810. The predicted octanol–water partition coefficient (Wildman–Crippen LogP) is 6.18. The van der Waals surface area contributed by atoms with Crippen molar-refractivity contribution < 1.29 is 66.4 Å². The number of hydrogen-bond acceptors (Lipinski definition) is 14. The zero-order chi connectivity index (χ0) is 46.2. The molecule has 7 rings (SSSR count). The SMILES string of the molecule is COC[C@H]1O[C@H](OC2=C[C@H]3C(=CC[C@@H]4[C@@]3(C)C(=O)C[C@]3(C)[C@@H]5[C@@H](C[C@@]43C)O[C@@H](C=C(C)C)C[C@]5(C)OC)C(C)(C)C2=O)[C@H](O[C@@H]2O[C@@H](C)[C@H](OC)[C@@H](OC)[C@H]2OC)[C@@H](OC)[C@@H]1OC. The van der Waals surface area contributed by atoms with E-state index in [0.717, 1.165) is 18.4 Å². The highest BCUT2D eigenvalue weighted by atomic mass is 16.8. The summed E-state index contributed by atoms with van der Waals surface area (Å²) in [6.07, 6.45) is 1.30. The summed E-state index contributed by atoms with van der Waals surface area (Å²) in [4.78, 5) is 30.2. The Balaban J connectivity index is 1.27. The molecule has 0 spiro atoms. The summed E-state index contributed by atoms with van der Waals surface area (Å²) in [6.45, 7) is 19.1. The predicted molar refractivity (Wildman–Crippen MR) is 232 cm³/mol. The third-order valence-corrected chi connectivity index (χ3v) is 17.1. The molecule has 0 unspecified atom stereocenters. The summed E-state index contributed by atoms with van der Waals surface area (Å²) in [7, 11) is 11.3. The Morgan fingerprint density at radius 1 is 0.762 bits per heavy atom. The summed E-state index contributed by atoms with van der Waals surface area (Å²) in [5, 5.41) is 0. The zero-order valence-electron chi connectivity index (χ0n) is 40.6. The molecule has 0 aromatic carbocycles. The highest BCUT2D eigenvalue weighted by Gasteiger charge is 2.75. The van der Waals surface area contributed by atoms with Crippen molar-refractivity contribution in [1.82, 2.24) is 0 Å². The van der Waals surface area contributed by atoms with Crippen LogP contribution in [0.1, 0.15) is 88.0 Å². The van der Waals surface area contributed by atoms with E-state index in [4.69, 9.17) is 56.8 Å². The lowest BCUT2D eigenvalue weighted by molar-refractivity contribution is -0.367. The van der Waals surface area contributed by atoms with E-state index in [2.05, 4.69) is 53.7 Å². The van der Waals surface area contributed by atoms with Gasteiger partial charge in [-0.3, -0.25) is 9.59 Å². The summed E-state index contributed by atoms with van der Waals surface area (Å²) in [6, 6.07) is 0. The fraction of sp³-hybridized carbons (Fsp3) is 0.837. The van der Waals surface area contributed by atoms with Crippen molar-refractivity contribution >= 4 is 11.6 Å². The van der Waals surface area contributed by atoms with Gasteiger partial charge in [-0.25, -0.2) is 0 Å². The lowest BCUT2D eigenvalue weighted by Crippen LogP contribution is -2.65. The van der Waals surface area contributed by atoms with Crippen molar-refractivity contribution in [2.75, 3.05) is 56.4 Å². The molecule has 5 fully saturated rings. The van der Waals surface area contributed by atoms with Crippen LogP contribution in [0.15, 0.2) is 35.1 Å². The van der Waals surface area contributed by atoms with Gasteiger partial charge >= 0.3 is 0 Å². The molecule has 7 aliphatic rings. The van der Waals surface area contributed by atoms with Gasteiger partial charge in [0.05, 0.1) is 35.9 Å². The van der Waals surface area contributed by atoms with Crippen LogP contribution in [-0.2, 0) is 66.4 Å². The average Bonchev–Trinajstić information content (AvgIpc) is 3.46. The Morgan fingerprint density at radius 2 is 1.40 bits per heavy atom. The minimum Gasteiger partial charge on any atom is -0.459 e. The maximum Gasteiger partial charge on any atom is 0.229 e. The molecule has 0 aromatic heterocycles. The summed E-state index contributed by atoms with van der Waals surface area (Å²) >= 11 is 0. The topological polar surface area (TPSA) is 145 Å². The second-order valence-electron chi connectivity index (χ2n) is 20.9. The maximum absolute atomic E-state index is 15.4. The average molecular weight is 889 g/mol. The van der Waals surface area contributed by atoms with Crippen LogP contribution < -0.4 is 0 Å². The van der Waals surface area contributed by atoms with E-state index in [1.165, 1.54) is 5.57 Å². The maximum atomic E-state index is 15.4. The minimum absolute atomic E-state index is 0.0120. The highest BCUT2D eigenvalue weighted by Crippen LogP contribution is 2.75. The zero-order valence-corrected chi connectivity index (χ0v) is 40.6. The minimum atomic E-state index is -1.21. The Kier molecular flexibility index (Phi) is 13.8. The number of hydrogen-bond donors (Lipinski definition) is 0. The smallest absolute Gasteiger partial charge is 0.229 e. The van der Waals surface area contributed by atoms with Gasteiger partial charge in [-0.15, -0.1) is 0 Å². The molecule has 3 heterocycles. The molecule has 0 amide bonds. The molecule has 3 saturated heterocycles. The molecule has 14 nitrogen and oxygen atoms in total. The number of fused-ring (bicyclic) bond motifs is 7. The van der Waals surface area contributed by atoms with E-state index < -0.39 is 89.2 Å². The second kappa shape index (κ2) is 17.9. The molecular formula is C49H76O14. The fourth-order valence-electron chi connectivity index (χ4n) is 13.9. The number of rotatable bonds is 13. The van der Waals surface area contributed by atoms with Crippen LogP contribution in [-0.4, -0.2) is 147 Å². The normalized spacial score (nSPS) is 48.0. The van der Waals surface area contributed by atoms with Crippen molar-refractivity contribution in [3.05, 3.63) is 35.1 Å². The van der Waals surface area contributed by atoms with Gasteiger partial charge in [0.15, 0.2) is 18.2 Å². The Hall–Kier alpha value is -2.08. The van der Waals surface area contributed by atoms with Crippen LogP contribution in [0.25, 0.3) is 0 Å². The van der Waals surface area contributed by atoms with Crippen LogP contribution >= 0.6 is 0 Å². The quantitative estimate of drug-likeness (QED) is 0.194. The molecule has 63 heavy (non-hydrogen) atoms. The molecule has 0 bridgehead atoms. The number of ketones is 2. The number of ether oxygens (including phenoxy) is 12. The number of Topliss-reactive ketones (excluding diaryl/α,β-unsaturated/α-hetero) is 2. The summed E-state index contributed by atoms with van der Waals surface area (Å²) in [5.74, 6) is -0.410. The van der Waals surface area contributed by atoms with Gasteiger partial charge in [0.2, 0.25) is 12.1 Å². The lowest BCUT2D eigenvalue weighted by atomic mass is 9.39. The van der Waals surface area contributed by atoms with Crippen LogP contribution in [0.5, 0.6) is 0 Å². The molecule has 0 aromatic rings. The first kappa shape index (κ1) is 48.8. The molecular weight excluding hydrogens is 813 g/mol. The fourth-order valence-corrected chi connectivity index (χ4v) is 13.9. The van der Waals surface area contributed by atoms with Crippen LogP contribution in [0, 0.1) is 39.4 Å². The molecule has 19 atom stereocenters. The number of carbonyl (C=O) groups excluding carboxylic acids is 2. The standard InChI is InChI=1S/C49H76O14/c1-25(2)19-27-21-48(8,58-16)41-31(60-27)22-46(6)33-18-17-28-29(49(33,9)34(50)23-47(41,46)7)20-30(42(51)45(28,4)5)61-44-40(38(56-14)36(54-12)32(62-44)24-52-10)63-43-39(57-15)37(55-13)35(53-11)26(3)59-43/h17,19-20,26-27,29,31-33,35-41,43-44H,18,21-24H2,1-16H3/t26-,27-,29-,31+,32+,33-,35-,36+,37+,38-,39+,40+,41-,43-,44-,46-,47+,48-,49-/m0/s1. The number of carbonyl (C=O) groups is 2. The number of methoxy groups -OCH3 is 7. The van der Waals surface area contributed by atoms with Gasteiger partial charge in [-0.05, 0) is 77.2 Å². The van der Waals surface area contributed by atoms with Crippen LogP contribution in [0.2, 0.25) is 0 Å². The van der Waals surface area contributed by atoms with Crippen molar-refractivity contribution in [3.8, 4) is 0 Å². The van der Waals surface area contributed by atoms with E-state index in [-0.39, 0.29) is 53.4 Å². The van der Waals surface area contributed by atoms with E-state index >= 15 is 4.79 Å². The largest absolute Gasteiger partial charge is 0.459 e. The van der Waals surface area contributed by atoms with E-state index in [9.17, 15) is 4.79 Å². The monoisotopic (exact) mass is 889 g/mol. The first-order chi connectivity index (χ1) is 29.7. The summed E-state index contributed by atoms with van der Waals surface area (Å²) < 4.78 is 75.5. The molecule has 356 valence electrons. The Morgan fingerprint density at radius 3 is 1.98 bits per heavy atom. The molecule has 0 radical (unpaired) electrons. The van der Waals surface area contributed by atoms with Crippen molar-refractivity contribution in [1.29, 1.82) is 0 Å². The summed E-state index contributed by atoms with van der Waals surface area (Å²) in [5.41, 5.74) is -0.909. The molecule has 0 N–H and O–H groups in total. The highest BCUT2D eigenvalue weighted by molar-refractivity contribution is 6.02. The second-order valence-corrected chi connectivity index (χ2v) is 20.9. The first-order valence-corrected chi connectivity index (χ1v) is 22.8. The van der Waals surface area contributed by atoms with E-state index in [1.54, 1.807) is 49.8 Å². The number of allylic oxidation sites excluding steroid dienone is 5. The van der Waals surface area contributed by atoms with Crippen molar-refractivity contribution in [3.63, 3.8) is 0 Å². The first-order valence-electron chi connectivity index (χ1n) is 22.8. The Labute approximate surface area is 375 Å². The van der Waals surface area contributed by atoms with Gasteiger partial charge in [-0.1, -0.05) is 44.1 Å². The molecule has 4 aliphatic carbocycles. The van der Waals surface area contributed by atoms with Crippen molar-refractivity contribution in [2.24, 2.45) is 39.4 Å². The van der Waals surface area contributed by atoms with Gasteiger partial charge in [0.1, 0.15) is 42.4 Å².